The van der Waals surface area contributed by atoms with Crippen molar-refractivity contribution in [3.8, 4) is 0 Å². The number of amides is 1. The lowest BCUT2D eigenvalue weighted by Crippen LogP contribution is -2.27. The van der Waals surface area contributed by atoms with Gasteiger partial charge in [-0.25, -0.2) is 0 Å². The van der Waals surface area contributed by atoms with Crippen molar-refractivity contribution >= 4 is 23.6 Å². The summed E-state index contributed by atoms with van der Waals surface area (Å²) in [5, 5.41) is 8.75. The number of nitrogens with two attached hydrogens (primary N) is 1. The summed E-state index contributed by atoms with van der Waals surface area (Å²) in [6.45, 7) is 1.15. The fourth-order valence-electron chi connectivity index (χ4n) is 2.33. The Labute approximate surface area is 117 Å². The normalized spacial score (nSPS) is 18.6. The van der Waals surface area contributed by atoms with Gasteiger partial charge in [-0.3, -0.25) is 9.59 Å². The van der Waals surface area contributed by atoms with E-state index in [1.807, 2.05) is 12.1 Å². The first kappa shape index (κ1) is 14.1. The Balaban J connectivity index is 1.89. The average molecular weight is 274 g/mol. The zero-order valence-electron chi connectivity index (χ0n) is 11.2. The Bertz CT molecular complexity index is 522. The molecule has 1 aromatic rings. The first-order chi connectivity index (χ1) is 9.54. The van der Waals surface area contributed by atoms with Crippen LogP contribution in [0.1, 0.15) is 18.4 Å². The van der Waals surface area contributed by atoms with E-state index in [2.05, 4.69) is 0 Å². The maximum absolute atomic E-state index is 12.0. The van der Waals surface area contributed by atoms with E-state index in [-0.39, 0.29) is 18.2 Å². The van der Waals surface area contributed by atoms with Crippen LogP contribution in [0.4, 0.5) is 5.69 Å². The van der Waals surface area contributed by atoms with Crippen LogP contribution in [0.2, 0.25) is 0 Å². The third kappa shape index (κ3) is 3.85. The first-order valence-electron chi connectivity index (χ1n) is 6.59. The molecule has 5 nitrogen and oxygen atoms in total. The summed E-state index contributed by atoms with van der Waals surface area (Å²) in [5.74, 6) is -0.808. The molecule has 1 saturated heterocycles. The number of nitrogens with zero attached hydrogens (tertiary/aromatic N) is 1. The van der Waals surface area contributed by atoms with E-state index < -0.39 is 5.97 Å². The SMILES string of the molecule is Nc1ccc(/C=C/C(=O)N2CCC(CC(=O)O)C2)cc1. The number of anilines is 1. The average Bonchev–Trinajstić information content (AvgIpc) is 2.85. The van der Waals surface area contributed by atoms with E-state index in [1.54, 1.807) is 23.1 Å². The van der Waals surface area contributed by atoms with E-state index >= 15 is 0 Å². The second-order valence-electron chi connectivity index (χ2n) is 5.04. The smallest absolute Gasteiger partial charge is 0.303 e. The molecule has 0 aromatic heterocycles. The van der Waals surface area contributed by atoms with Crippen LogP contribution >= 0.6 is 0 Å². The maximum atomic E-state index is 12.0. The molecule has 1 heterocycles. The number of benzene rings is 1. The van der Waals surface area contributed by atoms with Gasteiger partial charge in [0.25, 0.3) is 0 Å². The van der Waals surface area contributed by atoms with Crippen LogP contribution in [-0.2, 0) is 9.59 Å². The fraction of sp³-hybridized carbons (Fsp3) is 0.333. The van der Waals surface area contributed by atoms with Crippen molar-refractivity contribution in [3.05, 3.63) is 35.9 Å². The van der Waals surface area contributed by atoms with Gasteiger partial charge < -0.3 is 15.7 Å². The number of rotatable bonds is 4. The van der Waals surface area contributed by atoms with Crippen LogP contribution in [0.3, 0.4) is 0 Å². The van der Waals surface area contributed by atoms with Crippen molar-refractivity contribution in [3.63, 3.8) is 0 Å². The summed E-state index contributed by atoms with van der Waals surface area (Å²) in [7, 11) is 0. The van der Waals surface area contributed by atoms with E-state index in [0.717, 1.165) is 12.0 Å². The lowest BCUT2D eigenvalue weighted by atomic mass is 10.1. The Morgan fingerprint density at radius 1 is 1.35 bits per heavy atom. The van der Waals surface area contributed by atoms with Crippen molar-refractivity contribution in [1.29, 1.82) is 0 Å². The predicted octanol–water partition coefficient (Wildman–Crippen LogP) is 1.61. The number of likely N-dealkylation sites (tertiary alicyclic amines) is 1. The number of carbonyl (C=O) groups is 2. The van der Waals surface area contributed by atoms with Gasteiger partial charge in [-0.15, -0.1) is 0 Å². The molecule has 1 amide bonds. The number of hydrogen-bond donors (Lipinski definition) is 2. The second-order valence-corrected chi connectivity index (χ2v) is 5.04. The molecule has 1 aliphatic rings. The number of hydrogen-bond acceptors (Lipinski definition) is 3. The zero-order chi connectivity index (χ0) is 14.5. The van der Waals surface area contributed by atoms with Crippen LogP contribution < -0.4 is 5.73 Å². The molecule has 0 saturated carbocycles. The van der Waals surface area contributed by atoms with Gasteiger partial charge in [0, 0.05) is 31.3 Å². The molecular weight excluding hydrogens is 256 g/mol. The third-order valence-electron chi connectivity index (χ3n) is 3.42. The van der Waals surface area contributed by atoms with E-state index in [4.69, 9.17) is 10.8 Å². The number of nitrogen functional groups attached to an aromatic ring is 1. The zero-order valence-corrected chi connectivity index (χ0v) is 11.2. The number of carbonyl (C=O) groups excluding carboxylic acids is 1. The molecule has 1 atom stereocenters. The van der Waals surface area contributed by atoms with Crippen molar-refractivity contribution in [2.24, 2.45) is 5.92 Å². The Hall–Kier alpha value is -2.30. The van der Waals surface area contributed by atoms with E-state index in [0.29, 0.717) is 18.8 Å². The lowest BCUT2D eigenvalue weighted by Gasteiger charge is -2.13. The summed E-state index contributed by atoms with van der Waals surface area (Å²) in [6.07, 6.45) is 4.15. The molecule has 0 spiro atoms. The van der Waals surface area contributed by atoms with Crippen LogP contribution in [0.5, 0.6) is 0 Å². The van der Waals surface area contributed by atoms with Crippen LogP contribution in [0.25, 0.3) is 6.08 Å². The Morgan fingerprint density at radius 3 is 2.70 bits per heavy atom. The van der Waals surface area contributed by atoms with Crippen molar-refractivity contribution in [1.82, 2.24) is 4.90 Å². The minimum atomic E-state index is -0.804. The first-order valence-corrected chi connectivity index (χ1v) is 6.59. The van der Waals surface area contributed by atoms with Gasteiger partial charge in [0.2, 0.25) is 5.91 Å². The summed E-state index contributed by atoms with van der Waals surface area (Å²) in [4.78, 5) is 24.3. The molecule has 20 heavy (non-hydrogen) atoms. The fourth-order valence-corrected chi connectivity index (χ4v) is 2.33. The highest BCUT2D eigenvalue weighted by Gasteiger charge is 2.26. The molecule has 1 aliphatic heterocycles. The molecule has 5 heteroatoms. The maximum Gasteiger partial charge on any atom is 0.303 e. The molecule has 0 aliphatic carbocycles. The monoisotopic (exact) mass is 274 g/mol. The molecule has 1 fully saturated rings. The minimum Gasteiger partial charge on any atom is -0.481 e. The molecular formula is C15H18N2O3. The summed E-state index contributed by atoms with van der Waals surface area (Å²) in [6, 6.07) is 7.25. The quantitative estimate of drug-likeness (QED) is 0.645. The third-order valence-corrected chi connectivity index (χ3v) is 3.42. The van der Waals surface area contributed by atoms with Gasteiger partial charge in [0.05, 0.1) is 0 Å². The molecule has 2 rings (SSSR count). The summed E-state index contributed by atoms with van der Waals surface area (Å²) in [5.41, 5.74) is 7.19. The highest BCUT2D eigenvalue weighted by molar-refractivity contribution is 5.92. The highest BCUT2D eigenvalue weighted by Crippen LogP contribution is 2.20. The predicted molar refractivity (Wildman–Crippen MR) is 76.8 cm³/mol. The molecule has 3 N–H and O–H groups in total. The van der Waals surface area contributed by atoms with Gasteiger partial charge in [-0.2, -0.15) is 0 Å². The highest BCUT2D eigenvalue weighted by atomic mass is 16.4. The minimum absolute atomic E-state index is 0.0707. The van der Waals surface area contributed by atoms with Crippen LogP contribution in [0.15, 0.2) is 30.3 Å². The second kappa shape index (κ2) is 6.23. The molecule has 1 unspecified atom stereocenters. The van der Waals surface area contributed by atoms with Crippen LogP contribution in [0, 0.1) is 5.92 Å². The molecule has 0 radical (unpaired) electrons. The molecule has 106 valence electrons. The molecule has 0 bridgehead atoms. The van der Waals surface area contributed by atoms with Gasteiger partial charge in [-0.1, -0.05) is 12.1 Å². The van der Waals surface area contributed by atoms with Gasteiger partial charge >= 0.3 is 5.97 Å². The van der Waals surface area contributed by atoms with Crippen molar-refractivity contribution < 1.29 is 14.7 Å². The van der Waals surface area contributed by atoms with E-state index in [1.165, 1.54) is 6.08 Å². The number of carboxylic acids is 1. The lowest BCUT2D eigenvalue weighted by molar-refractivity contribution is -0.138. The summed E-state index contributed by atoms with van der Waals surface area (Å²) >= 11 is 0. The van der Waals surface area contributed by atoms with E-state index in [9.17, 15) is 9.59 Å². The molecule has 1 aromatic carbocycles. The topological polar surface area (TPSA) is 83.6 Å². The van der Waals surface area contributed by atoms with Gasteiger partial charge in [-0.05, 0) is 36.1 Å². The van der Waals surface area contributed by atoms with Crippen LogP contribution in [-0.4, -0.2) is 35.0 Å². The Kier molecular flexibility index (Phi) is 4.40. The van der Waals surface area contributed by atoms with Gasteiger partial charge in [0.15, 0.2) is 0 Å². The number of carboxylic acid groups (broad SMARTS) is 1. The largest absolute Gasteiger partial charge is 0.481 e. The standard InChI is InChI=1S/C15H18N2O3/c16-13-4-1-11(2-5-13)3-6-14(18)17-8-7-12(10-17)9-15(19)20/h1-6,12H,7-10,16H2,(H,19,20)/b6-3+. The van der Waals surface area contributed by atoms with Crippen molar-refractivity contribution in [2.45, 2.75) is 12.8 Å². The summed E-state index contributed by atoms with van der Waals surface area (Å²) < 4.78 is 0. The van der Waals surface area contributed by atoms with Crippen molar-refractivity contribution in [2.75, 3.05) is 18.8 Å². The number of aliphatic carboxylic acids is 1. The Morgan fingerprint density at radius 2 is 2.05 bits per heavy atom. The van der Waals surface area contributed by atoms with Gasteiger partial charge in [0.1, 0.15) is 0 Å².